The van der Waals surface area contributed by atoms with E-state index < -0.39 is 11.6 Å². The molecule has 0 aliphatic rings. The van der Waals surface area contributed by atoms with E-state index in [1.54, 1.807) is 0 Å². The van der Waals surface area contributed by atoms with Crippen molar-refractivity contribution >= 4 is 12.7 Å². The molecule has 0 aromatic carbocycles. The number of ether oxygens (including phenoxy) is 1. The molecule has 0 heterocycles. The molecule has 0 aromatic rings. The highest BCUT2D eigenvalue weighted by Crippen LogP contribution is 2.24. The summed E-state index contributed by atoms with van der Waals surface area (Å²) < 4.78 is 5.29. The maximum absolute atomic E-state index is 11.6. The number of esters is 1. The molecule has 0 rings (SSSR count). The third kappa shape index (κ3) is 6.59. The summed E-state index contributed by atoms with van der Waals surface area (Å²) in [7, 11) is 0. The molecule has 0 saturated heterocycles. The van der Waals surface area contributed by atoms with Gasteiger partial charge in [0.05, 0.1) is 5.41 Å². The Morgan fingerprint density at radius 3 is 2.06 bits per heavy atom. The smallest absolute Gasteiger partial charge is 0.313 e. The van der Waals surface area contributed by atoms with Gasteiger partial charge in [-0.05, 0) is 39.3 Å². The molecule has 0 bridgehead atoms. The first-order chi connectivity index (χ1) is 7.06. The van der Waals surface area contributed by atoms with Crippen LogP contribution in [0.5, 0.6) is 0 Å². The van der Waals surface area contributed by atoms with Gasteiger partial charge in [-0.25, -0.2) is 0 Å². The first-order valence-electron chi connectivity index (χ1n) is 5.73. The number of hydrogen-bond donors (Lipinski definition) is 0. The van der Waals surface area contributed by atoms with Crippen LogP contribution in [0.3, 0.4) is 0 Å². The minimum Gasteiger partial charge on any atom is -0.439 e. The Kier molecular flexibility index (Phi) is 5.17. The fourth-order valence-corrected chi connectivity index (χ4v) is 1.04. The summed E-state index contributed by atoms with van der Waals surface area (Å²) >= 11 is 0. The van der Waals surface area contributed by atoms with Gasteiger partial charge in [0, 0.05) is 6.42 Å². The Balaban J connectivity index is 4.22. The van der Waals surface area contributed by atoms with Crippen molar-refractivity contribution in [2.24, 2.45) is 15.8 Å². The van der Waals surface area contributed by atoms with Gasteiger partial charge in [0.1, 0.15) is 0 Å². The van der Waals surface area contributed by atoms with Crippen LogP contribution < -0.4 is 0 Å². The molecule has 1 unspecified atom stereocenters. The molecule has 3 nitrogen and oxygen atoms in total. The highest BCUT2D eigenvalue weighted by molar-refractivity contribution is 5.75. The Labute approximate surface area is 99.3 Å². The van der Waals surface area contributed by atoms with Gasteiger partial charge in [0.15, 0.2) is 6.23 Å². The van der Waals surface area contributed by atoms with Crippen LogP contribution in [0.4, 0.5) is 0 Å². The number of carbonyl (C=O) groups is 1. The number of carbonyl (C=O) groups excluding carboxylic acids is 1. The standard InChI is InChI=1S/C13H25NO2/c1-12(2,3)9-8-10(14-7)16-11(15)13(4,5)6/h10H,7-9H2,1-6H3. The maximum Gasteiger partial charge on any atom is 0.313 e. The number of hydrogen-bond acceptors (Lipinski definition) is 3. The summed E-state index contributed by atoms with van der Waals surface area (Å²) in [5.41, 5.74) is -0.262. The van der Waals surface area contributed by atoms with Crippen molar-refractivity contribution in [3.05, 3.63) is 0 Å². The predicted octanol–water partition coefficient (Wildman–Crippen LogP) is 3.43. The SMILES string of the molecule is C=NC(CCC(C)(C)C)OC(=O)C(C)(C)C. The van der Waals surface area contributed by atoms with Gasteiger partial charge in [-0.1, -0.05) is 20.8 Å². The van der Waals surface area contributed by atoms with Crippen molar-refractivity contribution in [1.82, 2.24) is 0 Å². The Morgan fingerprint density at radius 1 is 1.25 bits per heavy atom. The van der Waals surface area contributed by atoms with Crippen LogP contribution in [-0.2, 0) is 9.53 Å². The van der Waals surface area contributed by atoms with Gasteiger partial charge in [-0.15, -0.1) is 0 Å². The van der Waals surface area contributed by atoms with E-state index in [0.29, 0.717) is 0 Å². The normalized spacial score (nSPS) is 14.4. The molecule has 0 aromatic heterocycles. The molecule has 0 aliphatic carbocycles. The minimum atomic E-state index is -0.481. The summed E-state index contributed by atoms with van der Waals surface area (Å²) in [5.74, 6) is -0.223. The van der Waals surface area contributed by atoms with E-state index in [1.165, 1.54) is 0 Å². The number of nitrogens with zero attached hydrogens (tertiary/aromatic N) is 1. The number of aliphatic imine (C=N–C) groups is 1. The second-order valence-corrected chi connectivity index (χ2v) is 6.39. The zero-order chi connectivity index (χ0) is 13.0. The fourth-order valence-electron chi connectivity index (χ4n) is 1.04. The summed E-state index contributed by atoms with van der Waals surface area (Å²) in [6.45, 7) is 15.4. The lowest BCUT2D eigenvalue weighted by atomic mass is 9.90. The first kappa shape index (κ1) is 15.1. The molecule has 0 fully saturated rings. The zero-order valence-corrected chi connectivity index (χ0v) is 11.5. The number of rotatable bonds is 4. The van der Waals surface area contributed by atoms with Gasteiger partial charge in [0.2, 0.25) is 0 Å². The molecule has 0 aliphatic heterocycles. The van der Waals surface area contributed by atoms with Crippen LogP contribution in [0, 0.1) is 10.8 Å². The van der Waals surface area contributed by atoms with Gasteiger partial charge < -0.3 is 4.74 Å². The average Bonchev–Trinajstić information content (AvgIpc) is 2.08. The van der Waals surface area contributed by atoms with Gasteiger partial charge in [-0.2, -0.15) is 0 Å². The van der Waals surface area contributed by atoms with E-state index in [4.69, 9.17) is 4.74 Å². The monoisotopic (exact) mass is 227 g/mol. The predicted molar refractivity (Wildman–Crippen MR) is 67.6 cm³/mol. The van der Waals surface area contributed by atoms with Gasteiger partial charge in [-0.3, -0.25) is 9.79 Å². The lowest BCUT2D eigenvalue weighted by Crippen LogP contribution is -2.28. The molecule has 16 heavy (non-hydrogen) atoms. The summed E-state index contributed by atoms with van der Waals surface area (Å²) in [6.07, 6.45) is 1.27. The highest BCUT2D eigenvalue weighted by atomic mass is 16.6. The summed E-state index contributed by atoms with van der Waals surface area (Å²) in [6, 6.07) is 0. The average molecular weight is 227 g/mol. The van der Waals surface area contributed by atoms with E-state index >= 15 is 0 Å². The van der Waals surface area contributed by atoms with Crippen molar-refractivity contribution in [3.63, 3.8) is 0 Å². The lowest BCUT2D eigenvalue weighted by Gasteiger charge is -2.23. The molecule has 1 atom stereocenters. The quantitative estimate of drug-likeness (QED) is 0.545. The van der Waals surface area contributed by atoms with Gasteiger partial charge >= 0.3 is 5.97 Å². The van der Waals surface area contributed by atoms with E-state index in [9.17, 15) is 4.79 Å². The van der Waals surface area contributed by atoms with E-state index in [2.05, 4.69) is 32.5 Å². The molecule has 94 valence electrons. The van der Waals surface area contributed by atoms with Crippen LogP contribution in [0.1, 0.15) is 54.4 Å². The van der Waals surface area contributed by atoms with Crippen LogP contribution in [0.25, 0.3) is 0 Å². The third-order valence-electron chi connectivity index (χ3n) is 2.20. The Hall–Kier alpha value is -0.860. The second-order valence-electron chi connectivity index (χ2n) is 6.39. The van der Waals surface area contributed by atoms with Crippen molar-refractivity contribution < 1.29 is 9.53 Å². The minimum absolute atomic E-state index is 0.219. The molecule has 0 radical (unpaired) electrons. The molecular formula is C13H25NO2. The Morgan fingerprint density at radius 2 is 1.75 bits per heavy atom. The zero-order valence-electron chi connectivity index (χ0n) is 11.5. The summed E-state index contributed by atoms with van der Waals surface area (Å²) in [4.78, 5) is 15.5. The van der Waals surface area contributed by atoms with E-state index in [0.717, 1.165) is 12.8 Å². The van der Waals surface area contributed by atoms with Crippen LogP contribution in [0.15, 0.2) is 4.99 Å². The van der Waals surface area contributed by atoms with Crippen LogP contribution in [0.2, 0.25) is 0 Å². The van der Waals surface area contributed by atoms with E-state index in [1.807, 2.05) is 20.8 Å². The van der Waals surface area contributed by atoms with Crippen molar-refractivity contribution in [1.29, 1.82) is 0 Å². The van der Waals surface area contributed by atoms with Gasteiger partial charge in [0.25, 0.3) is 0 Å². The molecular weight excluding hydrogens is 202 g/mol. The highest BCUT2D eigenvalue weighted by Gasteiger charge is 2.26. The molecule has 0 amide bonds. The molecule has 0 spiro atoms. The maximum atomic E-state index is 11.6. The lowest BCUT2D eigenvalue weighted by molar-refractivity contribution is -0.158. The van der Waals surface area contributed by atoms with Crippen LogP contribution in [-0.4, -0.2) is 18.9 Å². The fraction of sp³-hybridized carbons (Fsp3) is 0.846. The van der Waals surface area contributed by atoms with Crippen molar-refractivity contribution in [3.8, 4) is 0 Å². The Bertz CT molecular complexity index is 246. The van der Waals surface area contributed by atoms with E-state index in [-0.39, 0.29) is 11.4 Å². The molecule has 0 N–H and O–H groups in total. The second kappa shape index (κ2) is 5.46. The van der Waals surface area contributed by atoms with Crippen molar-refractivity contribution in [2.45, 2.75) is 60.6 Å². The largest absolute Gasteiger partial charge is 0.439 e. The molecule has 0 saturated carbocycles. The topological polar surface area (TPSA) is 38.7 Å². The van der Waals surface area contributed by atoms with Crippen molar-refractivity contribution in [2.75, 3.05) is 0 Å². The first-order valence-corrected chi connectivity index (χ1v) is 5.73. The molecule has 3 heteroatoms. The third-order valence-corrected chi connectivity index (χ3v) is 2.20. The van der Waals surface area contributed by atoms with Crippen LogP contribution >= 0.6 is 0 Å². The summed E-state index contributed by atoms with van der Waals surface area (Å²) in [5, 5.41) is 0.